The molecule has 4 bridgehead atoms. The number of hydrogen-bond donors (Lipinski definition) is 0. The normalized spacial score (nSPS) is 46.6. The van der Waals surface area contributed by atoms with Gasteiger partial charge in [0.05, 0.1) is 5.92 Å². The molecule has 6 rings (SSSR count). The van der Waals surface area contributed by atoms with Crippen molar-refractivity contribution in [2.75, 3.05) is 6.61 Å². The van der Waals surface area contributed by atoms with Crippen molar-refractivity contribution in [3.8, 4) is 0 Å². The van der Waals surface area contributed by atoms with Gasteiger partial charge in [-0.1, -0.05) is 19.2 Å². The number of esters is 1. The van der Waals surface area contributed by atoms with Crippen molar-refractivity contribution < 1.29 is 29.1 Å². The Balaban J connectivity index is 1.16. The van der Waals surface area contributed by atoms with Crippen LogP contribution in [-0.2, 0) is 29.1 Å². The Bertz CT molecular complexity index is 622. The smallest absolute Gasteiger partial charge is 0.309 e. The van der Waals surface area contributed by atoms with Crippen LogP contribution < -0.4 is 0 Å². The molecule has 1 aliphatic heterocycles. The standard InChI is InChI=1S/C22H30O6/c1-3-14(2)13-24-20(23)17-4-6-21(7-5-17)25-27-22(28-26-21)18-9-15-8-16(11-18)12-19(22)10-15/h3,15-19H,1-2,4-13H2. The van der Waals surface area contributed by atoms with Gasteiger partial charge in [-0.25, -0.2) is 0 Å². The van der Waals surface area contributed by atoms with E-state index >= 15 is 0 Å². The van der Waals surface area contributed by atoms with Gasteiger partial charge in [0.25, 0.3) is 0 Å². The molecular weight excluding hydrogens is 360 g/mol. The summed E-state index contributed by atoms with van der Waals surface area (Å²) in [4.78, 5) is 36.1. The van der Waals surface area contributed by atoms with Crippen molar-refractivity contribution >= 4 is 5.97 Å². The van der Waals surface area contributed by atoms with Crippen molar-refractivity contribution in [1.82, 2.24) is 0 Å². The zero-order chi connectivity index (χ0) is 19.4. The van der Waals surface area contributed by atoms with Crippen molar-refractivity contribution in [2.45, 2.75) is 69.4 Å². The Morgan fingerprint density at radius 3 is 2.07 bits per heavy atom. The van der Waals surface area contributed by atoms with Crippen molar-refractivity contribution in [2.24, 2.45) is 29.6 Å². The molecule has 0 radical (unpaired) electrons. The minimum Gasteiger partial charge on any atom is -0.461 e. The van der Waals surface area contributed by atoms with E-state index in [9.17, 15) is 4.79 Å². The maximum absolute atomic E-state index is 12.3. The summed E-state index contributed by atoms with van der Waals surface area (Å²) < 4.78 is 5.31. The molecule has 28 heavy (non-hydrogen) atoms. The average molecular weight is 390 g/mol. The van der Waals surface area contributed by atoms with Gasteiger partial charge in [0.15, 0.2) is 0 Å². The molecule has 0 aromatic heterocycles. The van der Waals surface area contributed by atoms with Gasteiger partial charge in [-0.2, -0.15) is 19.6 Å². The third-order valence-corrected chi connectivity index (χ3v) is 7.69. The predicted molar refractivity (Wildman–Crippen MR) is 99.1 cm³/mol. The quantitative estimate of drug-likeness (QED) is 0.407. The van der Waals surface area contributed by atoms with E-state index in [0.29, 0.717) is 43.1 Å². The Labute approximate surface area is 166 Å². The lowest BCUT2D eigenvalue weighted by Gasteiger charge is -2.60. The minimum atomic E-state index is -0.901. The van der Waals surface area contributed by atoms with Crippen LogP contribution in [0.4, 0.5) is 0 Å². The molecule has 0 aromatic rings. The highest BCUT2D eigenvalue weighted by atomic mass is 17.4. The molecule has 1 saturated heterocycles. The zero-order valence-corrected chi connectivity index (χ0v) is 16.4. The lowest BCUT2D eigenvalue weighted by atomic mass is 9.53. The lowest BCUT2D eigenvalue weighted by molar-refractivity contribution is -0.680. The Hall–Kier alpha value is -1.21. The van der Waals surface area contributed by atoms with E-state index in [1.54, 1.807) is 6.08 Å². The Morgan fingerprint density at radius 2 is 1.54 bits per heavy atom. The number of carbonyl (C=O) groups is 1. The third-order valence-electron chi connectivity index (χ3n) is 7.69. The van der Waals surface area contributed by atoms with E-state index in [1.165, 1.54) is 6.42 Å². The largest absolute Gasteiger partial charge is 0.461 e. The topological polar surface area (TPSA) is 63.2 Å². The average Bonchev–Trinajstić information content (AvgIpc) is 2.71. The molecule has 6 heteroatoms. The zero-order valence-electron chi connectivity index (χ0n) is 16.4. The van der Waals surface area contributed by atoms with Crippen LogP contribution in [0.3, 0.4) is 0 Å². The van der Waals surface area contributed by atoms with Crippen LogP contribution in [-0.4, -0.2) is 24.2 Å². The summed E-state index contributed by atoms with van der Waals surface area (Å²) in [7, 11) is 0. The van der Waals surface area contributed by atoms with E-state index in [4.69, 9.17) is 24.3 Å². The molecule has 154 valence electrons. The highest BCUT2D eigenvalue weighted by molar-refractivity contribution is 5.72. The number of carbonyl (C=O) groups excluding carboxylic acids is 1. The molecule has 0 aromatic carbocycles. The van der Waals surface area contributed by atoms with Gasteiger partial charge in [0, 0.05) is 24.7 Å². The van der Waals surface area contributed by atoms with Crippen LogP contribution in [0.2, 0.25) is 0 Å². The fraction of sp³-hybridized carbons (Fsp3) is 0.773. The summed E-state index contributed by atoms with van der Waals surface area (Å²) in [5.74, 6) is 0.377. The molecule has 1 heterocycles. The minimum absolute atomic E-state index is 0.160. The first-order chi connectivity index (χ1) is 13.5. The van der Waals surface area contributed by atoms with Crippen molar-refractivity contribution in [1.29, 1.82) is 0 Å². The summed E-state index contributed by atoms with van der Waals surface area (Å²) in [6, 6.07) is 0. The fourth-order valence-corrected chi connectivity index (χ4v) is 6.22. The van der Waals surface area contributed by atoms with Gasteiger partial charge in [-0.3, -0.25) is 4.79 Å². The molecule has 2 spiro atoms. The molecule has 5 aliphatic carbocycles. The fourth-order valence-electron chi connectivity index (χ4n) is 6.22. The SMILES string of the molecule is C=CC(=C)COC(=O)C1CCC2(CC1)OOC1(OO2)C2CC3CC(C2)CC1C3. The molecule has 0 N–H and O–H groups in total. The van der Waals surface area contributed by atoms with Gasteiger partial charge in [0.1, 0.15) is 6.61 Å². The number of hydrogen-bond acceptors (Lipinski definition) is 6. The number of ether oxygens (including phenoxy) is 1. The van der Waals surface area contributed by atoms with Gasteiger partial charge >= 0.3 is 5.97 Å². The summed E-state index contributed by atoms with van der Waals surface area (Å²) in [5.41, 5.74) is 0.697. The molecule has 6 fully saturated rings. The first-order valence-electron chi connectivity index (χ1n) is 10.7. The second kappa shape index (κ2) is 6.94. The lowest BCUT2D eigenvalue weighted by Crippen LogP contribution is -2.64. The molecular formula is C22H30O6. The van der Waals surface area contributed by atoms with E-state index in [0.717, 1.165) is 37.5 Å². The third kappa shape index (κ3) is 3.05. The van der Waals surface area contributed by atoms with Crippen LogP contribution in [0.5, 0.6) is 0 Å². The van der Waals surface area contributed by atoms with Crippen LogP contribution in [0.1, 0.15) is 57.8 Å². The molecule has 6 nitrogen and oxygen atoms in total. The van der Waals surface area contributed by atoms with E-state index < -0.39 is 11.6 Å². The summed E-state index contributed by atoms with van der Waals surface area (Å²) in [6.45, 7) is 7.57. The maximum Gasteiger partial charge on any atom is 0.309 e. The van der Waals surface area contributed by atoms with E-state index in [2.05, 4.69) is 13.2 Å². The van der Waals surface area contributed by atoms with Crippen LogP contribution in [0.25, 0.3) is 0 Å². The second-order valence-corrected chi connectivity index (χ2v) is 9.51. The van der Waals surface area contributed by atoms with Crippen LogP contribution in [0, 0.1) is 29.6 Å². The second-order valence-electron chi connectivity index (χ2n) is 9.51. The highest BCUT2D eigenvalue weighted by Gasteiger charge is 2.64. The predicted octanol–water partition coefficient (Wildman–Crippen LogP) is 4.22. The molecule has 5 saturated carbocycles. The highest BCUT2D eigenvalue weighted by Crippen LogP contribution is 2.61. The monoisotopic (exact) mass is 390 g/mol. The molecule has 0 unspecified atom stereocenters. The summed E-state index contributed by atoms with van der Waals surface area (Å²) >= 11 is 0. The summed E-state index contributed by atoms with van der Waals surface area (Å²) in [6.07, 6.45) is 9.90. The van der Waals surface area contributed by atoms with Gasteiger partial charge in [-0.15, -0.1) is 0 Å². The number of rotatable bonds is 4. The van der Waals surface area contributed by atoms with Crippen LogP contribution >= 0.6 is 0 Å². The Kier molecular flexibility index (Phi) is 4.66. The van der Waals surface area contributed by atoms with Gasteiger partial charge in [0.2, 0.25) is 11.6 Å². The summed E-state index contributed by atoms with van der Waals surface area (Å²) in [5, 5.41) is 0. The molecule has 0 amide bonds. The Morgan fingerprint density at radius 1 is 0.964 bits per heavy atom. The molecule has 0 atom stereocenters. The van der Waals surface area contributed by atoms with Gasteiger partial charge < -0.3 is 4.74 Å². The van der Waals surface area contributed by atoms with Gasteiger partial charge in [-0.05, 0) is 62.4 Å². The first kappa shape index (κ1) is 18.8. The van der Waals surface area contributed by atoms with E-state index in [-0.39, 0.29) is 18.5 Å². The van der Waals surface area contributed by atoms with E-state index in [1.807, 2.05) is 0 Å². The van der Waals surface area contributed by atoms with Crippen molar-refractivity contribution in [3.63, 3.8) is 0 Å². The van der Waals surface area contributed by atoms with Crippen LogP contribution in [0.15, 0.2) is 24.8 Å². The van der Waals surface area contributed by atoms with Crippen molar-refractivity contribution in [3.05, 3.63) is 24.8 Å². The molecule has 6 aliphatic rings. The maximum atomic E-state index is 12.3. The first-order valence-corrected chi connectivity index (χ1v) is 10.7.